The molecule has 2 aromatic carbocycles. The van der Waals surface area contributed by atoms with Gasteiger partial charge in [-0.15, -0.1) is 10.2 Å². The van der Waals surface area contributed by atoms with Gasteiger partial charge in [0.2, 0.25) is 15.9 Å². The summed E-state index contributed by atoms with van der Waals surface area (Å²) in [6.45, 7) is 1.84. The van der Waals surface area contributed by atoms with Crippen molar-refractivity contribution < 1.29 is 13.2 Å². The predicted molar refractivity (Wildman–Crippen MR) is 118 cm³/mol. The molecular formula is C19H20ClN5O3S2. The van der Waals surface area contributed by atoms with Crippen LogP contribution >= 0.6 is 23.4 Å². The monoisotopic (exact) mass is 465 g/mol. The Labute approximate surface area is 184 Å². The highest BCUT2D eigenvalue weighted by Gasteiger charge is 2.21. The van der Waals surface area contributed by atoms with Crippen LogP contribution in [0.2, 0.25) is 5.02 Å². The molecule has 11 heteroatoms. The molecule has 3 aromatic rings. The number of para-hydroxylation sites is 1. The van der Waals surface area contributed by atoms with Gasteiger partial charge in [0, 0.05) is 25.5 Å². The lowest BCUT2D eigenvalue weighted by Crippen LogP contribution is -2.23. The Bertz CT molecular complexity index is 1160. The number of hydrogen-bond donors (Lipinski definition) is 1. The number of aryl methyl sites for hydroxylation is 1. The SMILES string of the molecule is Cc1nnc(SCC(=O)Nc2ccc(Cl)c(S(=O)(=O)N(C)C)c2)n1-c1ccccc1. The predicted octanol–water partition coefficient (Wildman–Crippen LogP) is 3.21. The van der Waals surface area contributed by atoms with Crippen molar-refractivity contribution in [2.24, 2.45) is 0 Å². The second kappa shape index (κ2) is 9.17. The number of amides is 1. The zero-order valence-electron chi connectivity index (χ0n) is 16.5. The molecule has 0 aliphatic carbocycles. The van der Waals surface area contributed by atoms with Crippen LogP contribution < -0.4 is 5.32 Å². The van der Waals surface area contributed by atoms with Gasteiger partial charge in [0.05, 0.1) is 10.8 Å². The van der Waals surface area contributed by atoms with Gasteiger partial charge in [-0.1, -0.05) is 41.6 Å². The summed E-state index contributed by atoms with van der Waals surface area (Å²) in [5, 5.41) is 11.6. The fraction of sp³-hybridized carbons (Fsp3) is 0.211. The number of thioether (sulfide) groups is 1. The van der Waals surface area contributed by atoms with E-state index >= 15 is 0 Å². The highest BCUT2D eigenvalue weighted by atomic mass is 35.5. The molecule has 1 heterocycles. The summed E-state index contributed by atoms with van der Waals surface area (Å²) in [5.41, 5.74) is 1.24. The molecule has 1 N–H and O–H groups in total. The lowest BCUT2D eigenvalue weighted by molar-refractivity contribution is -0.113. The van der Waals surface area contributed by atoms with Crippen molar-refractivity contribution in [3.05, 3.63) is 59.4 Å². The van der Waals surface area contributed by atoms with Crippen molar-refractivity contribution in [3.8, 4) is 5.69 Å². The lowest BCUT2D eigenvalue weighted by atomic mass is 10.3. The Balaban J connectivity index is 1.73. The first-order valence-electron chi connectivity index (χ1n) is 8.82. The van der Waals surface area contributed by atoms with Crippen LogP contribution in [0.3, 0.4) is 0 Å². The summed E-state index contributed by atoms with van der Waals surface area (Å²) in [4.78, 5) is 12.4. The number of anilines is 1. The van der Waals surface area contributed by atoms with Crippen molar-refractivity contribution in [1.29, 1.82) is 0 Å². The number of benzene rings is 2. The van der Waals surface area contributed by atoms with Crippen molar-refractivity contribution in [2.75, 3.05) is 25.2 Å². The van der Waals surface area contributed by atoms with Crippen LogP contribution in [0.25, 0.3) is 5.69 Å². The Hall–Kier alpha value is -2.40. The van der Waals surface area contributed by atoms with Crippen molar-refractivity contribution in [3.63, 3.8) is 0 Å². The van der Waals surface area contributed by atoms with Gasteiger partial charge in [0.25, 0.3) is 0 Å². The Morgan fingerprint density at radius 3 is 2.53 bits per heavy atom. The number of nitrogens with zero attached hydrogens (tertiary/aromatic N) is 4. The van der Waals surface area contributed by atoms with E-state index in [-0.39, 0.29) is 21.6 Å². The minimum absolute atomic E-state index is 0.0703. The summed E-state index contributed by atoms with van der Waals surface area (Å²) in [5.74, 6) is 0.472. The van der Waals surface area contributed by atoms with Crippen LogP contribution in [-0.4, -0.2) is 53.2 Å². The highest BCUT2D eigenvalue weighted by molar-refractivity contribution is 7.99. The molecule has 0 aliphatic rings. The molecule has 0 radical (unpaired) electrons. The number of hydrogen-bond acceptors (Lipinski definition) is 6. The van der Waals surface area contributed by atoms with E-state index in [1.807, 2.05) is 41.8 Å². The third-order valence-electron chi connectivity index (χ3n) is 4.12. The fourth-order valence-corrected chi connectivity index (χ4v) is 4.80. The molecular weight excluding hydrogens is 446 g/mol. The van der Waals surface area contributed by atoms with Crippen LogP contribution in [0.15, 0.2) is 58.6 Å². The third kappa shape index (κ3) is 4.84. The number of nitrogens with one attached hydrogen (secondary N) is 1. The number of rotatable bonds is 7. The van der Waals surface area contributed by atoms with Crippen molar-refractivity contribution in [1.82, 2.24) is 19.1 Å². The molecule has 1 amide bonds. The number of halogens is 1. The maximum absolute atomic E-state index is 12.4. The zero-order chi connectivity index (χ0) is 21.9. The normalized spacial score (nSPS) is 11.6. The van der Waals surface area contributed by atoms with E-state index in [2.05, 4.69) is 15.5 Å². The number of carbonyl (C=O) groups is 1. The molecule has 0 saturated carbocycles. The molecule has 0 fully saturated rings. The van der Waals surface area contributed by atoms with Gasteiger partial charge in [-0.05, 0) is 37.3 Å². The van der Waals surface area contributed by atoms with E-state index in [0.717, 1.165) is 9.99 Å². The van der Waals surface area contributed by atoms with Crippen molar-refractivity contribution in [2.45, 2.75) is 17.0 Å². The first-order valence-corrected chi connectivity index (χ1v) is 11.6. The standard InChI is InChI=1S/C19H20ClN5O3S2/c1-13-22-23-19(25(13)15-7-5-4-6-8-15)29-12-18(26)21-14-9-10-16(20)17(11-14)30(27,28)24(2)3/h4-11H,12H2,1-3H3,(H,21,26). The van der Waals surface area contributed by atoms with Gasteiger partial charge in [-0.3, -0.25) is 9.36 Å². The molecule has 30 heavy (non-hydrogen) atoms. The second-order valence-electron chi connectivity index (χ2n) is 6.47. The average Bonchev–Trinajstić information content (AvgIpc) is 3.08. The van der Waals surface area contributed by atoms with Gasteiger partial charge in [-0.25, -0.2) is 12.7 Å². The summed E-state index contributed by atoms with van der Waals surface area (Å²) in [6.07, 6.45) is 0. The van der Waals surface area contributed by atoms with Crippen molar-refractivity contribution >= 4 is 45.0 Å². The zero-order valence-corrected chi connectivity index (χ0v) is 18.9. The van der Waals surface area contributed by atoms with E-state index < -0.39 is 10.0 Å². The third-order valence-corrected chi connectivity index (χ3v) is 7.34. The maximum atomic E-state index is 12.4. The number of aromatic nitrogens is 3. The highest BCUT2D eigenvalue weighted by Crippen LogP contribution is 2.27. The largest absolute Gasteiger partial charge is 0.325 e. The molecule has 158 valence electrons. The first kappa shape index (κ1) is 22.3. The number of carbonyl (C=O) groups excluding carboxylic acids is 1. The quantitative estimate of drug-likeness (QED) is 0.538. The van der Waals surface area contributed by atoms with Crippen LogP contribution in [0.5, 0.6) is 0 Å². The van der Waals surface area contributed by atoms with Gasteiger partial charge < -0.3 is 5.32 Å². The van der Waals surface area contributed by atoms with E-state index in [4.69, 9.17) is 11.6 Å². The molecule has 1 aromatic heterocycles. The van der Waals surface area contributed by atoms with Crippen LogP contribution in [0, 0.1) is 6.92 Å². The van der Waals surface area contributed by atoms with Gasteiger partial charge in [0.15, 0.2) is 5.16 Å². The summed E-state index contributed by atoms with van der Waals surface area (Å²) >= 11 is 7.27. The minimum Gasteiger partial charge on any atom is -0.325 e. The smallest absolute Gasteiger partial charge is 0.244 e. The van der Waals surface area contributed by atoms with E-state index in [9.17, 15) is 13.2 Å². The van der Waals surface area contributed by atoms with Gasteiger partial charge in [-0.2, -0.15) is 0 Å². The Kier molecular flexibility index (Phi) is 6.81. The molecule has 0 aliphatic heterocycles. The van der Waals surface area contributed by atoms with Gasteiger partial charge in [0.1, 0.15) is 10.7 Å². The minimum atomic E-state index is -3.73. The molecule has 0 atom stereocenters. The fourth-order valence-electron chi connectivity index (χ4n) is 2.61. The maximum Gasteiger partial charge on any atom is 0.244 e. The topological polar surface area (TPSA) is 97.2 Å². The van der Waals surface area contributed by atoms with Crippen LogP contribution in [0.4, 0.5) is 5.69 Å². The van der Waals surface area contributed by atoms with E-state index in [1.165, 1.54) is 38.0 Å². The van der Waals surface area contributed by atoms with Crippen LogP contribution in [-0.2, 0) is 14.8 Å². The first-order chi connectivity index (χ1) is 14.2. The average molecular weight is 466 g/mol. The molecule has 0 unspecified atom stereocenters. The molecule has 0 spiro atoms. The Morgan fingerprint density at radius 2 is 1.87 bits per heavy atom. The summed E-state index contributed by atoms with van der Waals surface area (Å²) < 4.78 is 27.7. The van der Waals surface area contributed by atoms with Crippen LogP contribution in [0.1, 0.15) is 5.82 Å². The molecule has 0 bridgehead atoms. The summed E-state index contributed by atoms with van der Waals surface area (Å²) in [7, 11) is -0.901. The van der Waals surface area contributed by atoms with E-state index in [1.54, 1.807) is 6.07 Å². The molecule has 3 rings (SSSR count). The molecule has 8 nitrogen and oxygen atoms in total. The second-order valence-corrected chi connectivity index (χ2v) is 9.94. The number of sulfonamides is 1. The van der Waals surface area contributed by atoms with E-state index in [0.29, 0.717) is 16.7 Å². The Morgan fingerprint density at radius 1 is 1.17 bits per heavy atom. The molecule has 0 saturated heterocycles. The van der Waals surface area contributed by atoms with Gasteiger partial charge >= 0.3 is 0 Å². The lowest BCUT2D eigenvalue weighted by Gasteiger charge is -2.14. The summed E-state index contributed by atoms with van der Waals surface area (Å²) in [6, 6.07) is 13.9.